The van der Waals surface area contributed by atoms with Crippen LogP contribution in [0.3, 0.4) is 0 Å². The lowest BCUT2D eigenvalue weighted by atomic mass is 10.2. The van der Waals surface area contributed by atoms with E-state index in [1.54, 1.807) is 19.1 Å². The van der Waals surface area contributed by atoms with Crippen molar-refractivity contribution in [3.63, 3.8) is 0 Å². The van der Waals surface area contributed by atoms with Crippen LogP contribution in [-0.4, -0.2) is 21.1 Å². The number of amides is 1. The second kappa shape index (κ2) is 4.79. The van der Waals surface area contributed by atoms with Crippen molar-refractivity contribution in [3.05, 3.63) is 41.3 Å². The Morgan fingerprint density at radius 2 is 2.00 bits per heavy atom. The molecule has 2 aromatic heterocycles. The molecule has 0 fully saturated rings. The fourth-order valence-electron chi connectivity index (χ4n) is 1.52. The molecule has 3 N–H and O–H groups in total. The lowest BCUT2D eigenvalue weighted by Gasteiger charge is -2.09. The van der Waals surface area contributed by atoms with Crippen molar-refractivity contribution in [1.82, 2.24) is 15.2 Å². The number of carbonyl (C=O) groups is 1. The molecule has 0 saturated heterocycles. The first-order valence-electron chi connectivity index (χ1n) is 5.41. The summed E-state index contributed by atoms with van der Waals surface area (Å²) >= 11 is 0. The number of pyridine rings is 1. The van der Waals surface area contributed by atoms with Crippen LogP contribution >= 0.6 is 0 Å². The Balaban J connectivity index is 2.39. The van der Waals surface area contributed by atoms with Gasteiger partial charge in [0.05, 0.1) is 11.4 Å². The third-order valence-corrected chi connectivity index (χ3v) is 2.30. The first kappa shape index (κ1) is 12.0. The molecule has 18 heavy (non-hydrogen) atoms. The van der Waals surface area contributed by atoms with Gasteiger partial charge in [-0.15, -0.1) is 5.10 Å². The molecule has 92 valence electrons. The number of nitrogens with one attached hydrogen (secondary N) is 1. The molecular weight excluding hydrogens is 230 g/mol. The molecule has 2 rings (SSSR count). The van der Waals surface area contributed by atoms with Crippen molar-refractivity contribution in [2.45, 2.75) is 13.8 Å². The average Bonchev–Trinajstić information content (AvgIpc) is 2.28. The van der Waals surface area contributed by atoms with Crippen molar-refractivity contribution in [3.8, 4) is 0 Å². The SMILES string of the molecule is Cc1cc(Nc2cccc(C)n2)c(C(N)=O)nn1. The largest absolute Gasteiger partial charge is 0.364 e. The van der Waals surface area contributed by atoms with Crippen LogP contribution in [0.1, 0.15) is 21.9 Å². The summed E-state index contributed by atoms with van der Waals surface area (Å²) in [5, 5.41) is 10.6. The number of aryl methyl sites for hydroxylation is 2. The zero-order chi connectivity index (χ0) is 13.1. The minimum atomic E-state index is -0.627. The van der Waals surface area contributed by atoms with E-state index in [0.29, 0.717) is 17.2 Å². The minimum Gasteiger partial charge on any atom is -0.364 e. The summed E-state index contributed by atoms with van der Waals surface area (Å²) in [7, 11) is 0. The molecule has 6 heteroatoms. The Kier molecular flexibility index (Phi) is 3.18. The van der Waals surface area contributed by atoms with Gasteiger partial charge in [0.2, 0.25) is 0 Å². The normalized spacial score (nSPS) is 10.1. The minimum absolute atomic E-state index is 0.101. The predicted octanol–water partition coefficient (Wildman–Crippen LogP) is 1.33. The number of anilines is 2. The van der Waals surface area contributed by atoms with Crippen molar-refractivity contribution in [2.24, 2.45) is 5.73 Å². The molecule has 0 spiro atoms. The van der Waals surface area contributed by atoms with Gasteiger partial charge in [-0.3, -0.25) is 4.79 Å². The van der Waals surface area contributed by atoms with Gasteiger partial charge in [0, 0.05) is 5.69 Å². The monoisotopic (exact) mass is 243 g/mol. The summed E-state index contributed by atoms with van der Waals surface area (Å²) in [5.41, 5.74) is 7.42. The average molecular weight is 243 g/mol. The van der Waals surface area contributed by atoms with Gasteiger partial charge >= 0.3 is 0 Å². The highest BCUT2D eigenvalue weighted by Crippen LogP contribution is 2.18. The first-order chi connectivity index (χ1) is 8.56. The van der Waals surface area contributed by atoms with E-state index in [1.807, 2.05) is 19.1 Å². The van der Waals surface area contributed by atoms with Crippen LogP contribution in [0.15, 0.2) is 24.3 Å². The smallest absolute Gasteiger partial charge is 0.271 e. The van der Waals surface area contributed by atoms with Crippen LogP contribution in [0.2, 0.25) is 0 Å². The molecule has 2 aromatic rings. The number of rotatable bonds is 3. The standard InChI is InChI=1S/C12H13N5O/c1-7-4-3-5-10(14-7)15-9-6-8(2)16-17-11(9)12(13)18/h3-6H,1-2H3,(H2,13,18)(H,14,15,16). The number of hydrogen-bond donors (Lipinski definition) is 2. The van der Waals surface area contributed by atoms with Crippen molar-refractivity contribution < 1.29 is 4.79 Å². The third kappa shape index (κ3) is 2.60. The molecule has 0 bridgehead atoms. The Morgan fingerprint density at radius 1 is 1.22 bits per heavy atom. The van der Waals surface area contributed by atoms with E-state index >= 15 is 0 Å². The van der Waals surface area contributed by atoms with Gasteiger partial charge in [-0.1, -0.05) is 6.07 Å². The number of primary amides is 1. The molecule has 0 radical (unpaired) electrons. The van der Waals surface area contributed by atoms with Crippen molar-refractivity contribution in [2.75, 3.05) is 5.32 Å². The molecule has 0 unspecified atom stereocenters. The highest BCUT2D eigenvalue weighted by Gasteiger charge is 2.11. The topological polar surface area (TPSA) is 93.8 Å². The molecule has 0 aliphatic rings. The molecule has 1 amide bonds. The Morgan fingerprint density at radius 3 is 2.67 bits per heavy atom. The molecule has 2 heterocycles. The van der Waals surface area contributed by atoms with E-state index in [4.69, 9.17) is 5.73 Å². The second-order valence-electron chi connectivity index (χ2n) is 3.90. The van der Waals surface area contributed by atoms with Gasteiger partial charge in [-0.25, -0.2) is 4.98 Å². The van der Waals surface area contributed by atoms with Gasteiger partial charge in [-0.2, -0.15) is 5.10 Å². The number of aromatic nitrogens is 3. The summed E-state index contributed by atoms with van der Waals surface area (Å²) in [6.07, 6.45) is 0. The second-order valence-corrected chi connectivity index (χ2v) is 3.90. The highest BCUT2D eigenvalue weighted by atomic mass is 16.1. The summed E-state index contributed by atoms with van der Waals surface area (Å²) in [4.78, 5) is 15.5. The molecule has 0 saturated carbocycles. The first-order valence-corrected chi connectivity index (χ1v) is 5.41. The van der Waals surface area contributed by atoms with Gasteiger partial charge in [-0.05, 0) is 32.0 Å². The van der Waals surface area contributed by atoms with Gasteiger partial charge < -0.3 is 11.1 Å². The summed E-state index contributed by atoms with van der Waals surface area (Å²) in [6.45, 7) is 3.67. The van der Waals surface area contributed by atoms with E-state index in [0.717, 1.165) is 5.69 Å². The maximum atomic E-state index is 11.2. The lowest BCUT2D eigenvalue weighted by molar-refractivity contribution is 0.0995. The number of nitrogens with two attached hydrogens (primary N) is 1. The Labute approximate surface area is 104 Å². The van der Waals surface area contributed by atoms with E-state index in [2.05, 4.69) is 20.5 Å². The molecule has 0 aromatic carbocycles. The summed E-state index contributed by atoms with van der Waals surface area (Å²) in [5.74, 6) is 0.00236. The van der Waals surface area contributed by atoms with Crippen LogP contribution in [0.4, 0.5) is 11.5 Å². The molecule has 0 atom stereocenters. The fraction of sp³-hybridized carbons (Fsp3) is 0.167. The van der Waals surface area contributed by atoms with E-state index in [9.17, 15) is 4.79 Å². The molecule has 6 nitrogen and oxygen atoms in total. The zero-order valence-electron chi connectivity index (χ0n) is 10.1. The lowest BCUT2D eigenvalue weighted by Crippen LogP contribution is -2.16. The van der Waals surface area contributed by atoms with Crippen molar-refractivity contribution >= 4 is 17.4 Å². The van der Waals surface area contributed by atoms with Crippen LogP contribution in [0, 0.1) is 13.8 Å². The summed E-state index contributed by atoms with van der Waals surface area (Å²) < 4.78 is 0. The van der Waals surface area contributed by atoms with Gasteiger partial charge in [0.1, 0.15) is 5.82 Å². The Hall–Kier alpha value is -2.50. The van der Waals surface area contributed by atoms with Gasteiger partial charge in [0.15, 0.2) is 5.69 Å². The van der Waals surface area contributed by atoms with E-state index in [1.165, 1.54) is 0 Å². The number of nitrogens with zero attached hydrogens (tertiary/aromatic N) is 3. The maximum Gasteiger partial charge on any atom is 0.271 e. The quantitative estimate of drug-likeness (QED) is 0.848. The van der Waals surface area contributed by atoms with E-state index in [-0.39, 0.29) is 5.69 Å². The fourth-order valence-corrected chi connectivity index (χ4v) is 1.52. The maximum absolute atomic E-state index is 11.2. The van der Waals surface area contributed by atoms with Crippen LogP contribution in [-0.2, 0) is 0 Å². The highest BCUT2D eigenvalue weighted by molar-refractivity contribution is 5.96. The van der Waals surface area contributed by atoms with Crippen molar-refractivity contribution in [1.29, 1.82) is 0 Å². The summed E-state index contributed by atoms with van der Waals surface area (Å²) in [6, 6.07) is 7.26. The third-order valence-electron chi connectivity index (χ3n) is 2.30. The molecular formula is C12H13N5O. The molecule has 0 aliphatic heterocycles. The molecule has 0 aliphatic carbocycles. The van der Waals surface area contributed by atoms with Gasteiger partial charge in [0.25, 0.3) is 5.91 Å². The number of hydrogen-bond acceptors (Lipinski definition) is 5. The Bertz CT molecular complexity index is 597. The van der Waals surface area contributed by atoms with Crippen LogP contribution in [0.25, 0.3) is 0 Å². The zero-order valence-corrected chi connectivity index (χ0v) is 10.1. The predicted molar refractivity (Wildman–Crippen MR) is 67.5 cm³/mol. The van der Waals surface area contributed by atoms with Crippen LogP contribution in [0.5, 0.6) is 0 Å². The van der Waals surface area contributed by atoms with Crippen LogP contribution < -0.4 is 11.1 Å². The van der Waals surface area contributed by atoms with E-state index < -0.39 is 5.91 Å². The number of carbonyl (C=O) groups excluding carboxylic acids is 1.